The van der Waals surface area contributed by atoms with Crippen molar-refractivity contribution in [2.75, 3.05) is 14.2 Å². The molecule has 1 unspecified atom stereocenters. The highest BCUT2D eigenvalue weighted by molar-refractivity contribution is 5.78. The number of nitrogens with zero attached hydrogens (tertiary/aromatic N) is 1. The number of amides is 2. The van der Waals surface area contributed by atoms with Gasteiger partial charge in [0.05, 0.1) is 13.7 Å². The molecule has 0 bridgehead atoms. The Hall–Kier alpha value is -3.16. The van der Waals surface area contributed by atoms with Crippen molar-refractivity contribution in [2.24, 2.45) is 0 Å². The molecule has 1 N–H and O–H groups in total. The first-order chi connectivity index (χ1) is 13.4. The maximum Gasteiger partial charge on any atom is 0.318 e. The number of methoxy groups -OCH3 is 1. The fourth-order valence-electron chi connectivity index (χ4n) is 2.83. The second-order valence-electron chi connectivity index (χ2n) is 6.26. The lowest BCUT2D eigenvalue weighted by Gasteiger charge is -2.23. The van der Waals surface area contributed by atoms with E-state index in [9.17, 15) is 18.0 Å². The highest BCUT2D eigenvalue weighted by atomic mass is 19.3. The molecule has 2 amide bonds. The average Bonchev–Trinajstić information content (AvgIpc) is 3.07. The van der Waals surface area contributed by atoms with E-state index in [4.69, 9.17) is 9.15 Å². The van der Waals surface area contributed by atoms with Crippen LogP contribution in [-0.2, 0) is 6.54 Å². The number of urea groups is 1. The number of hydrogen-bond donors (Lipinski definition) is 1. The van der Waals surface area contributed by atoms with Gasteiger partial charge in [-0.1, -0.05) is 24.3 Å². The van der Waals surface area contributed by atoms with Gasteiger partial charge in [0.25, 0.3) is 6.43 Å². The second kappa shape index (κ2) is 8.24. The van der Waals surface area contributed by atoms with Crippen LogP contribution in [0.4, 0.5) is 18.0 Å². The average molecular weight is 392 g/mol. The Morgan fingerprint density at radius 1 is 1.21 bits per heavy atom. The molecule has 1 atom stereocenters. The normalized spacial score (nSPS) is 12.2. The van der Waals surface area contributed by atoms with Gasteiger partial charge in [-0.25, -0.2) is 18.0 Å². The fraction of sp³-hybridized carbons (Fsp3) is 0.250. The quantitative estimate of drug-likeness (QED) is 0.660. The zero-order chi connectivity index (χ0) is 20.3. The number of nitrogens with one attached hydrogen (secondary N) is 1. The molecule has 0 fully saturated rings. The first-order valence-corrected chi connectivity index (χ1v) is 8.49. The summed E-state index contributed by atoms with van der Waals surface area (Å²) in [5.41, 5.74) is 0.615. The molecule has 0 saturated heterocycles. The largest absolute Gasteiger partial charge is 0.494 e. The summed E-state index contributed by atoms with van der Waals surface area (Å²) < 4.78 is 51.2. The van der Waals surface area contributed by atoms with Crippen LogP contribution < -0.4 is 10.1 Å². The van der Waals surface area contributed by atoms with Crippen LogP contribution in [-0.4, -0.2) is 31.5 Å². The van der Waals surface area contributed by atoms with Crippen LogP contribution in [0.5, 0.6) is 5.75 Å². The maximum atomic E-state index is 13.9. The molecule has 0 aliphatic heterocycles. The van der Waals surface area contributed by atoms with Crippen molar-refractivity contribution in [1.82, 2.24) is 10.2 Å². The van der Waals surface area contributed by atoms with Gasteiger partial charge in [0.15, 0.2) is 11.6 Å². The summed E-state index contributed by atoms with van der Waals surface area (Å²) in [6, 6.07) is 10.2. The molecule has 0 saturated carbocycles. The molecule has 28 heavy (non-hydrogen) atoms. The fourth-order valence-corrected chi connectivity index (χ4v) is 2.83. The van der Waals surface area contributed by atoms with E-state index in [2.05, 4.69) is 5.32 Å². The number of carbonyl (C=O) groups excluding carboxylic acids is 1. The zero-order valence-electron chi connectivity index (χ0n) is 15.3. The third-order valence-corrected chi connectivity index (χ3v) is 4.28. The maximum absolute atomic E-state index is 13.9. The Labute approximate surface area is 159 Å². The predicted molar refractivity (Wildman–Crippen MR) is 97.9 cm³/mol. The number of halogens is 3. The van der Waals surface area contributed by atoms with E-state index in [-0.39, 0.29) is 17.9 Å². The number of fused-ring (bicyclic) bond motifs is 1. The molecule has 0 aliphatic carbocycles. The molecule has 3 rings (SSSR count). The van der Waals surface area contributed by atoms with E-state index in [0.717, 1.165) is 11.5 Å². The van der Waals surface area contributed by atoms with Crippen LogP contribution >= 0.6 is 0 Å². The predicted octanol–water partition coefficient (Wildman–Crippen LogP) is 4.73. The molecule has 0 aliphatic rings. The van der Waals surface area contributed by atoms with Crippen molar-refractivity contribution in [3.63, 3.8) is 0 Å². The molecular formula is C20H19F3N2O3. The van der Waals surface area contributed by atoms with Gasteiger partial charge < -0.3 is 19.4 Å². The second-order valence-corrected chi connectivity index (χ2v) is 6.26. The van der Waals surface area contributed by atoms with Gasteiger partial charge in [0.1, 0.15) is 17.4 Å². The minimum atomic E-state index is -2.92. The van der Waals surface area contributed by atoms with Crippen molar-refractivity contribution in [1.29, 1.82) is 0 Å². The Morgan fingerprint density at radius 2 is 1.96 bits per heavy atom. The number of rotatable bonds is 6. The van der Waals surface area contributed by atoms with Gasteiger partial charge >= 0.3 is 6.03 Å². The van der Waals surface area contributed by atoms with Crippen LogP contribution in [0.3, 0.4) is 0 Å². The van der Waals surface area contributed by atoms with E-state index in [0.29, 0.717) is 11.3 Å². The lowest BCUT2D eigenvalue weighted by Crippen LogP contribution is -2.41. The van der Waals surface area contributed by atoms with Crippen molar-refractivity contribution in [3.8, 4) is 5.75 Å². The smallest absolute Gasteiger partial charge is 0.318 e. The monoisotopic (exact) mass is 392 g/mol. The Kier molecular flexibility index (Phi) is 5.77. The molecule has 1 aromatic heterocycles. The first kappa shape index (κ1) is 19.6. The van der Waals surface area contributed by atoms with Crippen LogP contribution in [0.2, 0.25) is 0 Å². The SMILES string of the molecule is COc1ccc(C(NC(=O)N(C)Cc2cc3ccccc3o2)C(F)F)cc1F. The molecular weight excluding hydrogens is 373 g/mol. The van der Waals surface area contributed by atoms with Crippen molar-refractivity contribution < 1.29 is 27.1 Å². The molecule has 0 spiro atoms. The van der Waals surface area contributed by atoms with Gasteiger partial charge in [-0.3, -0.25) is 0 Å². The van der Waals surface area contributed by atoms with Crippen molar-refractivity contribution in [3.05, 3.63) is 65.7 Å². The van der Waals surface area contributed by atoms with Gasteiger partial charge in [-0.2, -0.15) is 0 Å². The van der Waals surface area contributed by atoms with Crippen LogP contribution in [0.1, 0.15) is 17.4 Å². The molecule has 0 radical (unpaired) electrons. The topological polar surface area (TPSA) is 54.7 Å². The highest BCUT2D eigenvalue weighted by Gasteiger charge is 2.27. The third-order valence-electron chi connectivity index (χ3n) is 4.28. The number of ether oxygens (including phenoxy) is 1. The summed E-state index contributed by atoms with van der Waals surface area (Å²) in [5, 5.41) is 3.12. The Bertz CT molecular complexity index is 941. The van der Waals surface area contributed by atoms with Gasteiger partial charge in [-0.05, 0) is 29.8 Å². The molecule has 148 valence electrons. The zero-order valence-corrected chi connectivity index (χ0v) is 15.3. The summed E-state index contributed by atoms with van der Waals surface area (Å²) in [4.78, 5) is 13.6. The Balaban J connectivity index is 1.71. The molecule has 2 aromatic carbocycles. The number of alkyl halides is 2. The van der Waals surface area contributed by atoms with Crippen LogP contribution in [0.15, 0.2) is 52.9 Å². The van der Waals surface area contributed by atoms with E-state index >= 15 is 0 Å². The molecule has 8 heteroatoms. The van der Waals surface area contributed by atoms with Crippen molar-refractivity contribution >= 4 is 17.0 Å². The van der Waals surface area contributed by atoms with E-state index < -0.39 is 24.3 Å². The van der Waals surface area contributed by atoms with Crippen LogP contribution in [0.25, 0.3) is 11.0 Å². The molecule has 3 aromatic rings. The summed E-state index contributed by atoms with van der Waals surface area (Å²) in [6.45, 7) is 0.0907. The summed E-state index contributed by atoms with van der Waals surface area (Å²) >= 11 is 0. The molecule has 1 heterocycles. The highest BCUT2D eigenvalue weighted by Crippen LogP contribution is 2.26. The number of benzene rings is 2. The van der Waals surface area contributed by atoms with Gasteiger partial charge in [-0.15, -0.1) is 0 Å². The van der Waals surface area contributed by atoms with E-state index in [1.165, 1.54) is 31.2 Å². The minimum absolute atomic E-state index is 0.0567. The summed E-state index contributed by atoms with van der Waals surface area (Å²) in [7, 11) is 2.73. The number of furan rings is 1. The summed E-state index contributed by atoms with van der Waals surface area (Å²) in [5.74, 6) is -0.330. The number of hydrogen-bond acceptors (Lipinski definition) is 3. The van der Waals surface area contributed by atoms with Gasteiger partial charge in [0, 0.05) is 12.4 Å². The lowest BCUT2D eigenvalue weighted by atomic mass is 10.1. The number of carbonyl (C=O) groups is 1. The standard InChI is InChI=1S/C20H19F3N2O3/c1-25(11-14-9-12-5-3-4-6-16(12)28-14)20(26)24-18(19(22)23)13-7-8-17(27-2)15(21)10-13/h3-10,18-19H,11H2,1-2H3,(H,24,26). The van der Waals surface area contributed by atoms with Gasteiger partial charge in [0.2, 0.25) is 0 Å². The molecule has 5 nitrogen and oxygen atoms in total. The van der Waals surface area contributed by atoms with Crippen molar-refractivity contribution in [2.45, 2.75) is 19.0 Å². The number of para-hydroxylation sites is 1. The van der Waals surface area contributed by atoms with Crippen LogP contribution in [0, 0.1) is 5.82 Å². The van der Waals surface area contributed by atoms with E-state index in [1.807, 2.05) is 18.2 Å². The third kappa shape index (κ3) is 4.21. The lowest BCUT2D eigenvalue weighted by molar-refractivity contribution is 0.0968. The Morgan fingerprint density at radius 3 is 2.61 bits per heavy atom. The minimum Gasteiger partial charge on any atom is -0.494 e. The first-order valence-electron chi connectivity index (χ1n) is 8.49. The summed E-state index contributed by atoms with van der Waals surface area (Å²) in [6.07, 6.45) is -2.92. The van der Waals surface area contributed by atoms with E-state index in [1.54, 1.807) is 12.1 Å².